The number of aromatic nitrogens is 2. The number of ether oxygens (including phenoxy) is 1. The molecular formula is C16H29N3O. The minimum atomic E-state index is -0.408. The van der Waals surface area contributed by atoms with Gasteiger partial charge in [-0.15, -0.1) is 0 Å². The van der Waals surface area contributed by atoms with Crippen molar-refractivity contribution in [3.05, 3.63) is 17.1 Å². The fraction of sp³-hybridized carbons (Fsp3) is 0.750. The van der Waals surface area contributed by atoms with Gasteiger partial charge in [0.05, 0.1) is 0 Å². The van der Waals surface area contributed by atoms with Gasteiger partial charge in [0.2, 0.25) is 0 Å². The predicted molar refractivity (Wildman–Crippen MR) is 84.2 cm³/mol. The minimum absolute atomic E-state index is 0.408. The third kappa shape index (κ3) is 3.69. The third-order valence-electron chi connectivity index (χ3n) is 3.72. The average molecular weight is 279 g/mol. The average Bonchev–Trinajstić information content (AvgIpc) is 2.44. The summed E-state index contributed by atoms with van der Waals surface area (Å²) in [5.74, 6) is 1.76. The molecule has 20 heavy (non-hydrogen) atoms. The molecule has 0 fully saturated rings. The van der Waals surface area contributed by atoms with Crippen molar-refractivity contribution in [2.75, 3.05) is 18.5 Å². The molecule has 1 N–H and O–H groups in total. The van der Waals surface area contributed by atoms with Crippen molar-refractivity contribution in [2.45, 2.75) is 66.4 Å². The number of aryl methyl sites for hydroxylation is 1. The molecule has 0 spiro atoms. The lowest BCUT2D eigenvalue weighted by atomic mass is 10.0. The van der Waals surface area contributed by atoms with Gasteiger partial charge in [-0.05, 0) is 40.0 Å². The van der Waals surface area contributed by atoms with Gasteiger partial charge in [0, 0.05) is 24.4 Å². The predicted octanol–water partition coefficient (Wildman–Crippen LogP) is 3.83. The van der Waals surface area contributed by atoms with Crippen molar-refractivity contribution >= 4 is 5.82 Å². The lowest BCUT2D eigenvalue weighted by Crippen LogP contribution is -2.29. The highest BCUT2D eigenvalue weighted by atomic mass is 16.5. The molecule has 0 bridgehead atoms. The summed E-state index contributed by atoms with van der Waals surface area (Å²) in [6.07, 6.45) is 2.88. The number of anilines is 1. The van der Waals surface area contributed by atoms with Crippen LogP contribution in [0.4, 0.5) is 5.82 Å². The SMILES string of the molecule is CCCNc1nc(C(C)(CC)OCC)nc(C)c1CC. The second kappa shape index (κ2) is 7.58. The quantitative estimate of drug-likeness (QED) is 0.785. The largest absolute Gasteiger partial charge is 0.370 e. The molecule has 1 rings (SSSR count). The third-order valence-corrected chi connectivity index (χ3v) is 3.72. The molecular weight excluding hydrogens is 250 g/mol. The lowest BCUT2D eigenvalue weighted by Gasteiger charge is -2.28. The van der Waals surface area contributed by atoms with E-state index in [1.807, 2.05) is 6.92 Å². The number of hydrogen-bond donors (Lipinski definition) is 1. The van der Waals surface area contributed by atoms with Gasteiger partial charge < -0.3 is 10.1 Å². The highest BCUT2D eigenvalue weighted by molar-refractivity contribution is 5.47. The number of rotatable bonds is 8. The van der Waals surface area contributed by atoms with Crippen LogP contribution in [0.5, 0.6) is 0 Å². The Morgan fingerprint density at radius 1 is 1.15 bits per heavy atom. The van der Waals surface area contributed by atoms with Crippen LogP contribution in [0.3, 0.4) is 0 Å². The molecule has 1 aromatic rings. The summed E-state index contributed by atoms with van der Waals surface area (Å²) >= 11 is 0. The summed E-state index contributed by atoms with van der Waals surface area (Å²) in [6, 6.07) is 0. The van der Waals surface area contributed by atoms with E-state index in [9.17, 15) is 0 Å². The molecule has 0 aliphatic heterocycles. The highest BCUT2D eigenvalue weighted by Gasteiger charge is 2.29. The van der Waals surface area contributed by atoms with Crippen LogP contribution in [-0.2, 0) is 16.8 Å². The highest BCUT2D eigenvalue weighted by Crippen LogP contribution is 2.29. The van der Waals surface area contributed by atoms with E-state index < -0.39 is 5.60 Å². The number of hydrogen-bond acceptors (Lipinski definition) is 4. The van der Waals surface area contributed by atoms with E-state index in [1.54, 1.807) is 0 Å². The monoisotopic (exact) mass is 279 g/mol. The topological polar surface area (TPSA) is 47.0 Å². The second-order valence-corrected chi connectivity index (χ2v) is 5.26. The molecule has 1 atom stereocenters. The molecule has 0 saturated heterocycles. The molecule has 0 aromatic carbocycles. The second-order valence-electron chi connectivity index (χ2n) is 5.26. The summed E-state index contributed by atoms with van der Waals surface area (Å²) in [7, 11) is 0. The Morgan fingerprint density at radius 2 is 1.85 bits per heavy atom. The van der Waals surface area contributed by atoms with Gasteiger partial charge in [-0.1, -0.05) is 20.8 Å². The first kappa shape index (κ1) is 16.9. The van der Waals surface area contributed by atoms with E-state index in [0.29, 0.717) is 6.61 Å². The summed E-state index contributed by atoms with van der Waals surface area (Å²) in [5, 5.41) is 3.43. The molecule has 0 saturated carbocycles. The van der Waals surface area contributed by atoms with Crippen LogP contribution in [0.2, 0.25) is 0 Å². The first-order valence-corrected chi connectivity index (χ1v) is 7.78. The Balaban J connectivity index is 3.24. The first-order chi connectivity index (χ1) is 9.52. The van der Waals surface area contributed by atoms with Crippen LogP contribution in [0.1, 0.15) is 64.5 Å². The van der Waals surface area contributed by atoms with Gasteiger partial charge in [-0.2, -0.15) is 0 Å². The van der Waals surface area contributed by atoms with Crippen molar-refractivity contribution in [1.82, 2.24) is 9.97 Å². The van der Waals surface area contributed by atoms with Gasteiger partial charge in [0.25, 0.3) is 0 Å². The zero-order valence-electron chi connectivity index (χ0n) is 13.8. The fourth-order valence-corrected chi connectivity index (χ4v) is 2.29. The van der Waals surface area contributed by atoms with Crippen LogP contribution in [0, 0.1) is 6.92 Å². The molecule has 0 radical (unpaired) electrons. The zero-order valence-corrected chi connectivity index (χ0v) is 13.8. The van der Waals surface area contributed by atoms with E-state index in [4.69, 9.17) is 14.7 Å². The molecule has 1 aromatic heterocycles. The Labute approximate surface area is 123 Å². The Bertz CT molecular complexity index is 434. The smallest absolute Gasteiger partial charge is 0.162 e. The number of nitrogens with zero attached hydrogens (tertiary/aromatic N) is 2. The summed E-state index contributed by atoms with van der Waals surface area (Å²) in [4.78, 5) is 9.45. The summed E-state index contributed by atoms with van der Waals surface area (Å²) < 4.78 is 5.90. The van der Waals surface area contributed by atoms with Crippen LogP contribution >= 0.6 is 0 Å². The van der Waals surface area contributed by atoms with Gasteiger partial charge >= 0.3 is 0 Å². The van der Waals surface area contributed by atoms with Crippen LogP contribution in [-0.4, -0.2) is 23.1 Å². The van der Waals surface area contributed by atoms with Gasteiger partial charge in [-0.3, -0.25) is 0 Å². The van der Waals surface area contributed by atoms with Crippen molar-refractivity contribution in [3.8, 4) is 0 Å². The fourth-order valence-electron chi connectivity index (χ4n) is 2.29. The van der Waals surface area contributed by atoms with Crippen LogP contribution in [0.25, 0.3) is 0 Å². The molecule has 0 amide bonds. The van der Waals surface area contributed by atoms with E-state index in [1.165, 1.54) is 5.56 Å². The maximum absolute atomic E-state index is 5.90. The summed E-state index contributed by atoms with van der Waals surface area (Å²) in [5.41, 5.74) is 1.85. The Kier molecular flexibility index (Phi) is 6.40. The summed E-state index contributed by atoms with van der Waals surface area (Å²) in [6.45, 7) is 14.1. The minimum Gasteiger partial charge on any atom is -0.370 e. The maximum atomic E-state index is 5.90. The lowest BCUT2D eigenvalue weighted by molar-refractivity contribution is -0.0390. The standard InChI is InChI=1S/C16H29N3O/c1-7-11-17-14-13(8-2)12(5)18-15(19-14)16(6,9-3)20-10-4/h7-11H2,1-6H3,(H,17,18,19). The van der Waals surface area contributed by atoms with Crippen LogP contribution < -0.4 is 5.32 Å². The molecule has 4 heteroatoms. The van der Waals surface area contributed by atoms with Crippen molar-refractivity contribution in [2.24, 2.45) is 0 Å². The zero-order chi connectivity index (χ0) is 15.2. The molecule has 1 unspecified atom stereocenters. The Morgan fingerprint density at radius 3 is 2.35 bits per heavy atom. The van der Waals surface area contributed by atoms with E-state index in [2.05, 4.69) is 39.9 Å². The molecule has 4 nitrogen and oxygen atoms in total. The van der Waals surface area contributed by atoms with Gasteiger partial charge in [-0.25, -0.2) is 9.97 Å². The van der Waals surface area contributed by atoms with Crippen molar-refractivity contribution < 1.29 is 4.74 Å². The molecule has 0 aliphatic rings. The van der Waals surface area contributed by atoms with E-state index >= 15 is 0 Å². The first-order valence-electron chi connectivity index (χ1n) is 7.78. The molecule has 0 aliphatic carbocycles. The molecule has 1 heterocycles. The van der Waals surface area contributed by atoms with Gasteiger partial charge in [0.15, 0.2) is 5.82 Å². The van der Waals surface area contributed by atoms with Crippen LogP contribution in [0.15, 0.2) is 0 Å². The Hall–Kier alpha value is -1.16. The normalized spacial score (nSPS) is 14.1. The van der Waals surface area contributed by atoms with Crippen molar-refractivity contribution in [1.29, 1.82) is 0 Å². The van der Waals surface area contributed by atoms with Gasteiger partial charge in [0.1, 0.15) is 11.4 Å². The maximum Gasteiger partial charge on any atom is 0.162 e. The van der Waals surface area contributed by atoms with E-state index in [0.717, 1.165) is 43.1 Å². The molecule has 114 valence electrons. The number of nitrogens with one attached hydrogen (secondary N) is 1. The van der Waals surface area contributed by atoms with Crippen molar-refractivity contribution in [3.63, 3.8) is 0 Å². The van der Waals surface area contributed by atoms with E-state index in [-0.39, 0.29) is 0 Å².